The number of rotatable bonds is 10. The van der Waals surface area contributed by atoms with E-state index < -0.39 is 24.0 Å². The second kappa shape index (κ2) is 10.3. The van der Waals surface area contributed by atoms with Gasteiger partial charge in [0.25, 0.3) is 0 Å². The minimum absolute atomic E-state index is 0.245. The molecule has 0 saturated carbocycles. The van der Waals surface area contributed by atoms with E-state index in [4.69, 9.17) is 14.9 Å². The number of carbonyl (C=O) groups is 3. The fraction of sp³-hybridized carbons (Fsp3) is 0.438. The number of allylic oxidation sites excluding steroid dienone is 4. The Balaban J connectivity index is 4.40. The van der Waals surface area contributed by atoms with Crippen molar-refractivity contribution >= 4 is 17.9 Å². The zero-order valence-electron chi connectivity index (χ0n) is 13.6. The third-order valence-electron chi connectivity index (χ3n) is 2.45. The van der Waals surface area contributed by atoms with Crippen LogP contribution in [0.25, 0.3) is 0 Å². The van der Waals surface area contributed by atoms with Crippen LogP contribution in [0.3, 0.4) is 0 Å². The van der Waals surface area contributed by atoms with Crippen LogP contribution in [0.5, 0.6) is 0 Å². The van der Waals surface area contributed by atoms with E-state index in [0.29, 0.717) is 17.4 Å². The van der Waals surface area contributed by atoms with E-state index in [-0.39, 0.29) is 6.42 Å². The van der Waals surface area contributed by atoms with Crippen molar-refractivity contribution < 1.29 is 33.8 Å². The summed E-state index contributed by atoms with van der Waals surface area (Å²) < 4.78 is 5.63. The normalized spacial score (nSPS) is 13.7. The van der Waals surface area contributed by atoms with Crippen LogP contribution < -0.4 is 0 Å². The van der Waals surface area contributed by atoms with E-state index in [1.54, 1.807) is 12.2 Å². The van der Waals surface area contributed by atoms with Crippen molar-refractivity contribution in [2.75, 3.05) is 27.7 Å². The number of hydrogen-bond acceptors (Lipinski definition) is 4. The van der Waals surface area contributed by atoms with Crippen molar-refractivity contribution in [3.63, 3.8) is 0 Å². The molecule has 0 spiro atoms. The van der Waals surface area contributed by atoms with Gasteiger partial charge in [0.1, 0.15) is 6.54 Å². The quantitative estimate of drug-likeness (QED) is 0.271. The summed E-state index contributed by atoms with van der Waals surface area (Å²) in [5.41, 5.74) is 0. The molecule has 128 valence electrons. The number of carbonyl (C=O) groups excluding carboxylic acids is 1. The van der Waals surface area contributed by atoms with Crippen molar-refractivity contribution in [1.82, 2.24) is 0 Å². The first-order valence-electron chi connectivity index (χ1n) is 7.05. The van der Waals surface area contributed by atoms with Crippen LogP contribution in [-0.2, 0) is 19.1 Å². The van der Waals surface area contributed by atoms with Crippen molar-refractivity contribution in [2.24, 2.45) is 0 Å². The van der Waals surface area contributed by atoms with Gasteiger partial charge in [0, 0.05) is 12.2 Å². The first-order valence-corrected chi connectivity index (χ1v) is 7.05. The highest BCUT2D eigenvalue weighted by atomic mass is 16.5. The van der Waals surface area contributed by atoms with E-state index in [9.17, 15) is 14.4 Å². The second-order valence-electron chi connectivity index (χ2n) is 5.89. The van der Waals surface area contributed by atoms with E-state index in [0.717, 1.165) is 6.08 Å². The average Bonchev–Trinajstić information content (AvgIpc) is 2.34. The Morgan fingerprint density at radius 1 is 1.04 bits per heavy atom. The first-order chi connectivity index (χ1) is 10.6. The molecule has 0 rings (SSSR count). The number of carboxylic acid groups (broad SMARTS) is 2. The van der Waals surface area contributed by atoms with Crippen LogP contribution in [0.15, 0.2) is 36.5 Å². The highest BCUT2D eigenvalue weighted by molar-refractivity contribution is 5.82. The van der Waals surface area contributed by atoms with Crippen LogP contribution in [0.2, 0.25) is 0 Å². The van der Waals surface area contributed by atoms with Gasteiger partial charge in [-0.05, 0) is 6.42 Å². The SMILES string of the molecule is C[N+](C)(C)CC(CC(=O)O)OC(=O)/C=C/C=C/C/C=C/C(=O)O. The molecule has 7 heteroatoms. The van der Waals surface area contributed by atoms with Crippen LogP contribution >= 0.6 is 0 Å². The summed E-state index contributed by atoms with van der Waals surface area (Å²) >= 11 is 0. The molecule has 0 bridgehead atoms. The molecule has 0 amide bonds. The van der Waals surface area contributed by atoms with Crippen LogP contribution in [-0.4, -0.2) is 66.4 Å². The monoisotopic (exact) mass is 326 g/mol. The highest BCUT2D eigenvalue weighted by Crippen LogP contribution is 2.06. The third-order valence-corrected chi connectivity index (χ3v) is 2.45. The second-order valence-corrected chi connectivity index (χ2v) is 5.89. The zero-order valence-corrected chi connectivity index (χ0v) is 13.6. The predicted octanol–water partition coefficient (Wildman–Crippen LogP) is 1.22. The van der Waals surface area contributed by atoms with Gasteiger partial charge in [-0.2, -0.15) is 0 Å². The molecule has 1 unspecified atom stereocenters. The number of hydrogen-bond donors (Lipinski definition) is 2. The Morgan fingerprint density at radius 2 is 1.70 bits per heavy atom. The van der Waals surface area contributed by atoms with Gasteiger partial charge in [-0.15, -0.1) is 0 Å². The summed E-state index contributed by atoms with van der Waals surface area (Å²) in [5.74, 6) is -2.65. The molecular weight excluding hydrogens is 302 g/mol. The van der Waals surface area contributed by atoms with Gasteiger partial charge < -0.3 is 19.4 Å². The molecule has 2 N–H and O–H groups in total. The van der Waals surface area contributed by atoms with Gasteiger partial charge in [-0.25, -0.2) is 9.59 Å². The van der Waals surface area contributed by atoms with Gasteiger partial charge in [0.05, 0.1) is 27.6 Å². The highest BCUT2D eigenvalue weighted by Gasteiger charge is 2.23. The molecule has 7 nitrogen and oxygen atoms in total. The molecule has 0 aromatic rings. The molecule has 0 aromatic heterocycles. The number of quaternary nitrogens is 1. The fourth-order valence-electron chi connectivity index (χ4n) is 1.69. The maximum atomic E-state index is 11.7. The van der Waals surface area contributed by atoms with Crippen molar-refractivity contribution in [3.05, 3.63) is 36.5 Å². The van der Waals surface area contributed by atoms with Crippen LogP contribution in [0.4, 0.5) is 0 Å². The van der Waals surface area contributed by atoms with Gasteiger partial charge in [-0.1, -0.05) is 24.3 Å². The van der Waals surface area contributed by atoms with Crippen molar-refractivity contribution in [2.45, 2.75) is 18.9 Å². The molecule has 0 aliphatic rings. The number of ether oxygens (including phenoxy) is 1. The van der Waals surface area contributed by atoms with E-state index in [2.05, 4.69) is 0 Å². The van der Waals surface area contributed by atoms with Gasteiger partial charge in [0.2, 0.25) is 0 Å². The maximum Gasteiger partial charge on any atom is 0.331 e. The number of likely N-dealkylation sites (N-methyl/N-ethyl adjacent to an activating group) is 1. The summed E-state index contributed by atoms with van der Waals surface area (Å²) in [6.07, 6.45) is 7.89. The minimum Gasteiger partial charge on any atom is -0.481 e. The zero-order chi connectivity index (χ0) is 17.9. The predicted molar refractivity (Wildman–Crippen MR) is 84.7 cm³/mol. The molecule has 0 saturated heterocycles. The molecular formula is C16H24NO6+. The largest absolute Gasteiger partial charge is 0.481 e. The molecule has 0 aliphatic heterocycles. The lowest BCUT2D eigenvalue weighted by Crippen LogP contribution is -2.43. The van der Waals surface area contributed by atoms with Crippen molar-refractivity contribution in [1.29, 1.82) is 0 Å². The molecule has 0 radical (unpaired) electrons. The third kappa shape index (κ3) is 14.3. The molecule has 23 heavy (non-hydrogen) atoms. The Labute approximate surface area is 135 Å². The Hall–Kier alpha value is -2.41. The van der Waals surface area contributed by atoms with Crippen molar-refractivity contribution in [3.8, 4) is 0 Å². The number of carboxylic acids is 2. The Bertz CT molecular complexity index is 499. The minimum atomic E-state index is -1.02. The standard InChI is InChI=1S/C16H23NO6/c1-17(2,3)12-13(11-15(20)21)23-16(22)10-8-6-4-5-7-9-14(18)19/h4,6-10,13H,5,11-12H2,1-3H3,(H-,18,19,20,21)/p+1/b6-4+,9-7+,10-8+. The summed E-state index contributed by atoms with van der Waals surface area (Å²) in [5, 5.41) is 17.2. The molecule has 1 atom stereocenters. The lowest BCUT2D eigenvalue weighted by Gasteiger charge is -2.28. The van der Waals surface area contributed by atoms with E-state index in [1.807, 2.05) is 21.1 Å². The smallest absolute Gasteiger partial charge is 0.331 e. The number of aliphatic carboxylic acids is 2. The van der Waals surface area contributed by atoms with Crippen LogP contribution in [0, 0.1) is 0 Å². The lowest BCUT2D eigenvalue weighted by molar-refractivity contribution is -0.873. The number of esters is 1. The molecule has 0 heterocycles. The summed E-state index contributed by atoms with van der Waals surface area (Å²) in [4.78, 5) is 32.7. The summed E-state index contributed by atoms with van der Waals surface area (Å²) in [6.45, 7) is 0.391. The maximum absolute atomic E-state index is 11.7. The first kappa shape index (κ1) is 20.6. The fourth-order valence-corrected chi connectivity index (χ4v) is 1.69. The summed E-state index contributed by atoms with van der Waals surface area (Å²) in [6, 6.07) is 0. The number of nitrogens with zero attached hydrogens (tertiary/aromatic N) is 1. The van der Waals surface area contributed by atoms with Gasteiger partial charge >= 0.3 is 17.9 Å². The van der Waals surface area contributed by atoms with E-state index >= 15 is 0 Å². The molecule has 0 aromatic carbocycles. The average molecular weight is 326 g/mol. The van der Waals surface area contributed by atoms with E-state index in [1.165, 1.54) is 18.2 Å². The Kier molecular flexibility index (Phi) is 9.26. The van der Waals surface area contributed by atoms with Gasteiger partial charge in [0.15, 0.2) is 6.10 Å². The summed E-state index contributed by atoms with van der Waals surface area (Å²) in [7, 11) is 5.64. The topological polar surface area (TPSA) is 101 Å². The van der Waals surface area contributed by atoms with Gasteiger partial charge in [-0.3, -0.25) is 4.79 Å². The Morgan fingerprint density at radius 3 is 2.22 bits per heavy atom. The lowest BCUT2D eigenvalue weighted by atomic mass is 10.2. The molecule has 0 fully saturated rings. The van der Waals surface area contributed by atoms with Crippen LogP contribution in [0.1, 0.15) is 12.8 Å². The molecule has 0 aliphatic carbocycles.